The fraction of sp³-hybridized carbons (Fsp3) is 0.300. The molecule has 0 radical (unpaired) electrons. The lowest BCUT2D eigenvalue weighted by atomic mass is 9.90. The van der Waals surface area contributed by atoms with E-state index < -0.39 is 0 Å². The first-order valence-electron chi connectivity index (χ1n) is 8.37. The van der Waals surface area contributed by atoms with Crippen LogP contribution in [0.1, 0.15) is 34.3 Å². The maximum absolute atomic E-state index is 12.6. The first kappa shape index (κ1) is 16.2. The Bertz CT molecular complexity index is 705. The lowest BCUT2D eigenvalue weighted by Crippen LogP contribution is -2.38. The summed E-state index contributed by atoms with van der Waals surface area (Å²) in [5, 5.41) is 11.6. The highest BCUT2D eigenvalue weighted by atomic mass is 16.4. The molecule has 2 aromatic rings. The average Bonchev–Trinajstić information content (AvgIpc) is 2.63. The number of amides is 1. The van der Waals surface area contributed by atoms with Gasteiger partial charge in [-0.3, -0.25) is 4.79 Å². The van der Waals surface area contributed by atoms with Crippen LogP contribution in [0.25, 0.3) is 0 Å². The van der Waals surface area contributed by atoms with Crippen molar-refractivity contribution < 1.29 is 10.0 Å². The Labute approximate surface area is 142 Å². The SMILES string of the molecule is O=C(c1cccc(C=NO)c1)N1CCC(Cc2ccccc2)CC1. The Hall–Kier alpha value is -2.62. The minimum Gasteiger partial charge on any atom is -0.411 e. The van der Waals surface area contributed by atoms with E-state index in [1.165, 1.54) is 11.8 Å². The third-order valence-corrected chi connectivity index (χ3v) is 4.61. The molecule has 0 aliphatic carbocycles. The molecule has 0 saturated carbocycles. The fourth-order valence-corrected chi connectivity index (χ4v) is 3.29. The number of oxime groups is 1. The highest BCUT2D eigenvalue weighted by Crippen LogP contribution is 2.23. The number of piperidine rings is 1. The third kappa shape index (κ3) is 4.02. The lowest BCUT2D eigenvalue weighted by Gasteiger charge is -2.32. The molecule has 0 spiro atoms. The Morgan fingerprint density at radius 3 is 2.58 bits per heavy atom. The van der Waals surface area contributed by atoms with E-state index in [1.54, 1.807) is 6.07 Å². The van der Waals surface area contributed by atoms with Crippen LogP contribution in [0, 0.1) is 5.92 Å². The summed E-state index contributed by atoms with van der Waals surface area (Å²) in [6.45, 7) is 1.60. The second-order valence-electron chi connectivity index (χ2n) is 6.30. The molecule has 1 fully saturated rings. The van der Waals surface area contributed by atoms with Crippen LogP contribution in [0.3, 0.4) is 0 Å². The Morgan fingerprint density at radius 2 is 1.88 bits per heavy atom. The summed E-state index contributed by atoms with van der Waals surface area (Å²) in [7, 11) is 0. The van der Waals surface area contributed by atoms with Gasteiger partial charge in [0.2, 0.25) is 0 Å². The highest BCUT2D eigenvalue weighted by molar-refractivity contribution is 5.96. The summed E-state index contributed by atoms with van der Waals surface area (Å²) in [5.41, 5.74) is 2.74. The zero-order valence-corrected chi connectivity index (χ0v) is 13.6. The van der Waals surface area contributed by atoms with Gasteiger partial charge in [0.15, 0.2) is 0 Å². The number of hydrogen-bond acceptors (Lipinski definition) is 3. The molecule has 0 atom stereocenters. The van der Waals surface area contributed by atoms with Crippen molar-refractivity contribution in [3.63, 3.8) is 0 Å². The molecular formula is C20H22N2O2. The van der Waals surface area contributed by atoms with Gasteiger partial charge in [0.25, 0.3) is 5.91 Å². The number of carbonyl (C=O) groups excluding carboxylic acids is 1. The first-order chi connectivity index (χ1) is 11.8. The van der Waals surface area contributed by atoms with Gasteiger partial charge in [0.05, 0.1) is 6.21 Å². The van der Waals surface area contributed by atoms with Crippen molar-refractivity contribution >= 4 is 12.1 Å². The number of carbonyl (C=O) groups is 1. The molecule has 0 bridgehead atoms. The van der Waals surface area contributed by atoms with Crippen LogP contribution in [0.2, 0.25) is 0 Å². The molecule has 1 saturated heterocycles. The van der Waals surface area contributed by atoms with E-state index in [0.29, 0.717) is 11.5 Å². The van der Waals surface area contributed by atoms with E-state index in [0.717, 1.165) is 37.9 Å². The standard InChI is InChI=1S/C20H22N2O2/c23-20(19-8-4-7-18(14-19)15-21-24)22-11-9-17(10-12-22)13-16-5-2-1-3-6-16/h1-8,14-15,17,24H,9-13H2. The van der Waals surface area contributed by atoms with Crippen LogP contribution < -0.4 is 0 Å². The summed E-state index contributed by atoms with van der Waals surface area (Å²) < 4.78 is 0. The first-order valence-corrected chi connectivity index (χ1v) is 8.37. The maximum atomic E-state index is 12.6. The molecule has 3 rings (SSSR count). The van der Waals surface area contributed by atoms with Crippen molar-refractivity contribution in [3.8, 4) is 0 Å². The minimum absolute atomic E-state index is 0.0568. The molecule has 0 unspecified atom stereocenters. The second kappa shape index (κ2) is 7.77. The highest BCUT2D eigenvalue weighted by Gasteiger charge is 2.23. The van der Waals surface area contributed by atoms with Gasteiger partial charge in [-0.2, -0.15) is 0 Å². The van der Waals surface area contributed by atoms with Gasteiger partial charge in [-0.05, 0) is 48.4 Å². The van der Waals surface area contributed by atoms with E-state index in [-0.39, 0.29) is 5.91 Å². The summed E-state index contributed by atoms with van der Waals surface area (Å²) in [4.78, 5) is 14.6. The van der Waals surface area contributed by atoms with Gasteiger partial charge in [-0.15, -0.1) is 0 Å². The molecule has 1 amide bonds. The van der Waals surface area contributed by atoms with E-state index in [1.807, 2.05) is 29.2 Å². The average molecular weight is 322 g/mol. The molecule has 1 N–H and O–H groups in total. The van der Waals surface area contributed by atoms with E-state index >= 15 is 0 Å². The van der Waals surface area contributed by atoms with Gasteiger partial charge in [-0.25, -0.2) is 0 Å². The zero-order chi connectivity index (χ0) is 16.8. The quantitative estimate of drug-likeness (QED) is 0.531. The molecule has 1 aliphatic rings. The van der Waals surface area contributed by atoms with Crippen molar-refractivity contribution in [2.75, 3.05) is 13.1 Å². The number of nitrogens with zero attached hydrogens (tertiary/aromatic N) is 2. The second-order valence-corrected chi connectivity index (χ2v) is 6.30. The van der Waals surface area contributed by atoms with Crippen LogP contribution in [0.4, 0.5) is 0 Å². The van der Waals surface area contributed by atoms with Crippen LogP contribution >= 0.6 is 0 Å². The van der Waals surface area contributed by atoms with Gasteiger partial charge >= 0.3 is 0 Å². The Balaban J connectivity index is 1.58. The van der Waals surface area contributed by atoms with E-state index in [2.05, 4.69) is 29.4 Å². The number of rotatable bonds is 4. The van der Waals surface area contributed by atoms with Crippen LogP contribution in [0.5, 0.6) is 0 Å². The topological polar surface area (TPSA) is 52.9 Å². The molecule has 1 heterocycles. The van der Waals surface area contributed by atoms with Crippen molar-refractivity contribution in [3.05, 3.63) is 71.3 Å². The van der Waals surface area contributed by atoms with Gasteiger partial charge in [-0.1, -0.05) is 47.6 Å². The number of likely N-dealkylation sites (tertiary alicyclic amines) is 1. The molecule has 1 aliphatic heterocycles. The predicted octanol–water partition coefficient (Wildman–Crippen LogP) is 3.59. The van der Waals surface area contributed by atoms with Crippen LogP contribution in [-0.4, -0.2) is 35.3 Å². The zero-order valence-electron chi connectivity index (χ0n) is 13.6. The van der Waals surface area contributed by atoms with Crippen molar-refractivity contribution in [2.24, 2.45) is 11.1 Å². The normalized spacial score (nSPS) is 15.8. The number of hydrogen-bond donors (Lipinski definition) is 1. The maximum Gasteiger partial charge on any atom is 0.253 e. The molecule has 24 heavy (non-hydrogen) atoms. The van der Waals surface area contributed by atoms with Crippen molar-refractivity contribution in [2.45, 2.75) is 19.3 Å². The van der Waals surface area contributed by atoms with Crippen LogP contribution in [-0.2, 0) is 6.42 Å². The Morgan fingerprint density at radius 1 is 1.12 bits per heavy atom. The molecule has 4 nitrogen and oxygen atoms in total. The fourth-order valence-electron chi connectivity index (χ4n) is 3.29. The summed E-state index contributed by atoms with van der Waals surface area (Å²) in [5.74, 6) is 0.700. The minimum atomic E-state index is 0.0568. The largest absolute Gasteiger partial charge is 0.411 e. The van der Waals surface area contributed by atoms with E-state index in [9.17, 15) is 4.79 Å². The molecule has 4 heteroatoms. The summed E-state index contributed by atoms with van der Waals surface area (Å²) in [6.07, 6.45) is 4.51. The van der Waals surface area contributed by atoms with Crippen molar-refractivity contribution in [1.82, 2.24) is 4.90 Å². The van der Waals surface area contributed by atoms with Gasteiger partial charge < -0.3 is 10.1 Å². The monoisotopic (exact) mass is 322 g/mol. The molecule has 124 valence electrons. The molecule has 2 aromatic carbocycles. The summed E-state index contributed by atoms with van der Waals surface area (Å²) in [6, 6.07) is 17.7. The molecule has 0 aromatic heterocycles. The predicted molar refractivity (Wildman–Crippen MR) is 94.6 cm³/mol. The van der Waals surface area contributed by atoms with Crippen LogP contribution in [0.15, 0.2) is 59.8 Å². The summed E-state index contributed by atoms with van der Waals surface area (Å²) >= 11 is 0. The molecular weight excluding hydrogens is 300 g/mol. The number of benzene rings is 2. The van der Waals surface area contributed by atoms with Gasteiger partial charge in [0.1, 0.15) is 0 Å². The van der Waals surface area contributed by atoms with Crippen molar-refractivity contribution in [1.29, 1.82) is 0 Å². The smallest absolute Gasteiger partial charge is 0.253 e. The van der Waals surface area contributed by atoms with E-state index in [4.69, 9.17) is 5.21 Å². The third-order valence-electron chi connectivity index (χ3n) is 4.61. The van der Waals surface area contributed by atoms with Gasteiger partial charge in [0, 0.05) is 18.7 Å². The lowest BCUT2D eigenvalue weighted by molar-refractivity contribution is 0.0690. The Kier molecular flexibility index (Phi) is 5.26.